The second kappa shape index (κ2) is 8.77. The van der Waals surface area contributed by atoms with Crippen LogP contribution in [0.2, 0.25) is 0 Å². The van der Waals surface area contributed by atoms with Crippen LogP contribution in [0.3, 0.4) is 0 Å². The Labute approximate surface area is 161 Å². The van der Waals surface area contributed by atoms with Gasteiger partial charge in [0.25, 0.3) is 5.91 Å². The lowest BCUT2D eigenvalue weighted by Crippen LogP contribution is -2.32. The van der Waals surface area contributed by atoms with Crippen molar-refractivity contribution in [3.63, 3.8) is 0 Å². The van der Waals surface area contributed by atoms with Crippen molar-refractivity contribution in [1.82, 2.24) is 10.3 Å². The Morgan fingerprint density at radius 2 is 1.86 bits per heavy atom. The Bertz CT molecular complexity index is 973. The van der Waals surface area contributed by atoms with Crippen molar-refractivity contribution in [1.29, 1.82) is 0 Å². The van der Waals surface area contributed by atoms with Gasteiger partial charge in [0.05, 0.1) is 18.4 Å². The van der Waals surface area contributed by atoms with E-state index >= 15 is 0 Å². The first-order valence-electron chi connectivity index (χ1n) is 8.54. The topological polar surface area (TPSA) is 80.3 Å². The van der Waals surface area contributed by atoms with E-state index in [1.165, 1.54) is 30.5 Å². The van der Waals surface area contributed by atoms with Gasteiger partial charge in [0.1, 0.15) is 11.6 Å². The van der Waals surface area contributed by atoms with Crippen molar-refractivity contribution in [2.45, 2.75) is 6.92 Å². The zero-order valence-corrected chi connectivity index (χ0v) is 15.1. The number of pyridine rings is 1. The zero-order chi connectivity index (χ0) is 19.9. The number of carbonyl (C=O) groups excluding carboxylic acids is 2. The largest absolute Gasteiger partial charge is 0.439 e. The second-order valence-electron chi connectivity index (χ2n) is 6.04. The lowest BCUT2D eigenvalue weighted by atomic mass is 10.1. The number of aryl methyl sites for hydroxylation is 1. The number of benzene rings is 2. The Morgan fingerprint density at radius 3 is 2.54 bits per heavy atom. The van der Waals surface area contributed by atoms with Gasteiger partial charge in [0.2, 0.25) is 11.8 Å². The van der Waals surface area contributed by atoms with Gasteiger partial charge in [0.15, 0.2) is 0 Å². The molecule has 3 aromatic rings. The number of rotatable bonds is 6. The van der Waals surface area contributed by atoms with Crippen LogP contribution >= 0.6 is 0 Å². The van der Waals surface area contributed by atoms with Crippen LogP contribution < -0.4 is 15.4 Å². The molecule has 3 rings (SSSR count). The van der Waals surface area contributed by atoms with Crippen LogP contribution in [0.15, 0.2) is 66.9 Å². The van der Waals surface area contributed by atoms with Crippen LogP contribution in [0.25, 0.3) is 0 Å². The minimum Gasteiger partial charge on any atom is -0.439 e. The normalized spacial score (nSPS) is 10.2. The van der Waals surface area contributed by atoms with Crippen molar-refractivity contribution in [2.75, 3.05) is 11.9 Å². The summed E-state index contributed by atoms with van der Waals surface area (Å²) < 4.78 is 18.4. The number of carbonyl (C=O) groups is 2. The standard InChI is InChI=1S/C21H18FN3O3/c1-14-3-2-4-15(11-14)21(27)24-13-19(26)25-17-7-10-20(23-12-17)28-18-8-5-16(22)6-9-18/h2-12H,13H2,1H3,(H,24,27)(H,25,26). The molecule has 0 saturated heterocycles. The van der Waals surface area contributed by atoms with Crippen molar-refractivity contribution in [3.8, 4) is 11.6 Å². The summed E-state index contributed by atoms with van der Waals surface area (Å²) in [5.74, 6) is -0.301. The number of hydrogen-bond donors (Lipinski definition) is 2. The van der Waals surface area contributed by atoms with Gasteiger partial charge in [0, 0.05) is 11.6 Å². The molecule has 0 fully saturated rings. The monoisotopic (exact) mass is 379 g/mol. The molecular formula is C21H18FN3O3. The summed E-state index contributed by atoms with van der Waals surface area (Å²) in [5.41, 5.74) is 1.92. The number of nitrogens with zero attached hydrogens (tertiary/aromatic N) is 1. The number of halogens is 1. The summed E-state index contributed by atoms with van der Waals surface area (Å²) in [4.78, 5) is 28.1. The third-order valence-corrected chi connectivity index (χ3v) is 3.75. The molecule has 2 amide bonds. The summed E-state index contributed by atoms with van der Waals surface area (Å²) in [6.07, 6.45) is 1.43. The quantitative estimate of drug-likeness (QED) is 0.685. The van der Waals surface area contributed by atoms with Gasteiger partial charge in [-0.3, -0.25) is 9.59 Å². The first-order chi connectivity index (χ1) is 13.5. The Balaban J connectivity index is 1.50. The molecular weight excluding hydrogens is 361 g/mol. The maximum absolute atomic E-state index is 12.9. The minimum absolute atomic E-state index is 0.166. The van der Waals surface area contributed by atoms with Crippen LogP contribution in [-0.4, -0.2) is 23.3 Å². The number of ether oxygens (including phenoxy) is 1. The van der Waals surface area contributed by atoms with Crippen molar-refractivity contribution in [3.05, 3.63) is 83.8 Å². The molecule has 0 aliphatic carbocycles. The zero-order valence-electron chi connectivity index (χ0n) is 15.1. The molecule has 6 nitrogen and oxygen atoms in total. The molecule has 1 heterocycles. The second-order valence-corrected chi connectivity index (χ2v) is 6.04. The molecule has 1 aromatic heterocycles. The number of anilines is 1. The first-order valence-corrected chi connectivity index (χ1v) is 8.54. The summed E-state index contributed by atoms with van der Waals surface area (Å²) >= 11 is 0. The summed E-state index contributed by atoms with van der Waals surface area (Å²) in [6.45, 7) is 1.72. The van der Waals surface area contributed by atoms with Crippen molar-refractivity contribution in [2.24, 2.45) is 0 Å². The summed E-state index contributed by atoms with van der Waals surface area (Å²) in [6, 6.07) is 15.8. The van der Waals surface area contributed by atoms with E-state index in [2.05, 4.69) is 15.6 Å². The van der Waals surface area contributed by atoms with E-state index in [0.29, 0.717) is 22.9 Å². The highest BCUT2D eigenvalue weighted by Crippen LogP contribution is 2.20. The van der Waals surface area contributed by atoms with E-state index in [4.69, 9.17) is 4.74 Å². The average Bonchev–Trinajstić information content (AvgIpc) is 2.69. The average molecular weight is 379 g/mol. The van der Waals surface area contributed by atoms with Gasteiger partial charge in [-0.15, -0.1) is 0 Å². The molecule has 0 radical (unpaired) electrons. The summed E-state index contributed by atoms with van der Waals surface area (Å²) in [5, 5.41) is 5.21. The van der Waals surface area contributed by atoms with E-state index < -0.39 is 0 Å². The van der Waals surface area contributed by atoms with Crippen molar-refractivity contribution < 1.29 is 18.7 Å². The highest BCUT2D eigenvalue weighted by atomic mass is 19.1. The molecule has 0 saturated carbocycles. The van der Waals surface area contributed by atoms with E-state index in [1.807, 2.05) is 13.0 Å². The number of hydrogen-bond acceptors (Lipinski definition) is 4. The van der Waals surface area contributed by atoms with E-state index in [9.17, 15) is 14.0 Å². The molecule has 0 unspecified atom stereocenters. The number of amides is 2. The fraction of sp³-hybridized carbons (Fsp3) is 0.0952. The Kier molecular flexibility index (Phi) is 5.96. The molecule has 7 heteroatoms. The molecule has 0 spiro atoms. The smallest absolute Gasteiger partial charge is 0.251 e. The molecule has 142 valence electrons. The van der Waals surface area contributed by atoms with Gasteiger partial charge < -0.3 is 15.4 Å². The van der Waals surface area contributed by atoms with Crippen molar-refractivity contribution >= 4 is 17.5 Å². The van der Waals surface area contributed by atoms with Gasteiger partial charge in [-0.1, -0.05) is 17.7 Å². The molecule has 28 heavy (non-hydrogen) atoms. The predicted molar refractivity (Wildman–Crippen MR) is 103 cm³/mol. The van der Waals surface area contributed by atoms with E-state index in [-0.39, 0.29) is 24.2 Å². The van der Waals surface area contributed by atoms with Crippen LogP contribution in [0.5, 0.6) is 11.6 Å². The van der Waals surface area contributed by atoms with E-state index in [1.54, 1.807) is 30.3 Å². The molecule has 0 aliphatic heterocycles. The Hall–Kier alpha value is -3.74. The van der Waals surface area contributed by atoms with E-state index in [0.717, 1.165) is 5.56 Å². The summed E-state index contributed by atoms with van der Waals surface area (Å²) in [7, 11) is 0. The highest BCUT2D eigenvalue weighted by molar-refractivity contribution is 5.99. The number of aromatic nitrogens is 1. The number of nitrogens with one attached hydrogen (secondary N) is 2. The lowest BCUT2D eigenvalue weighted by Gasteiger charge is -2.08. The van der Waals surface area contributed by atoms with Crippen LogP contribution in [0.4, 0.5) is 10.1 Å². The maximum atomic E-state index is 12.9. The molecule has 0 atom stereocenters. The third-order valence-electron chi connectivity index (χ3n) is 3.75. The van der Waals surface area contributed by atoms with Crippen LogP contribution in [0.1, 0.15) is 15.9 Å². The van der Waals surface area contributed by atoms with Gasteiger partial charge in [-0.25, -0.2) is 9.37 Å². The molecule has 2 N–H and O–H groups in total. The maximum Gasteiger partial charge on any atom is 0.251 e. The fourth-order valence-corrected chi connectivity index (χ4v) is 2.39. The highest BCUT2D eigenvalue weighted by Gasteiger charge is 2.09. The Morgan fingerprint density at radius 1 is 1.07 bits per heavy atom. The predicted octanol–water partition coefficient (Wildman–Crippen LogP) is 3.69. The molecule has 2 aromatic carbocycles. The first kappa shape index (κ1) is 19.0. The minimum atomic E-state index is -0.380. The van der Waals surface area contributed by atoms with Gasteiger partial charge in [-0.2, -0.15) is 0 Å². The molecule has 0 bridgehead atoms. The lowest BCUT2D eigenvalue weighted by molar-refractivity contribution is -0.115. The third kappa shape index (κ3) is 5.38. The van der Waals surface area contributed by atoms with Gasteiger partial charge in [-0.05, 0) is 49.4 Å². The SMILES string of the molecule is Cc1cccc(C(=O)NCC(=O)Nc2ccc(Oc3ccc(F)cc3)nc2)c1. The molecule has 0 aliphatic rings. The van der Waals surface area contributed by atoms with Crippen LogP contribution in [-0.2, 0) is 4.79 Å². The fourth-order valence-electron chi connectivity index (χ4n) is 2.39. The van der Waals surface area contributed by atoms with Gasteiger partial charge >= 0.3 is 0 Å². The van der Waals surface area contributed by atoms with Crippen LogP contribution in [0, 0.1) is 12.7 Å².